The Labute approximate surface area is 74.1 Å². The second kappa shape index (κ2) is 9.54. The average Bonchev–Trinajstić information content (AvgIpc) is 1.62. The molecule has 0 fully saturated rings. The molecule has 10 heavy (non-hydrogen) atoms. The number of rotatable bonds is 2. The fourth-order valence-corrected chi connectivity index (χ4v) is 0.667. The van der Waals surface area contributed by atoms with Crippen molar-refractivity contribution in [3.63, 3.8) is 0 Å². The quantitative estimate of drug-likeness (QED) is 0.654. The van der Waals surface area contributed by atoms with Crippen molar-refractivity contribution in [2.75, 3.05) is 5.34 Å². The summed E-state index contributed by atoms with van der Waals surface area (Å²) in [7, 11) is 0. The highest BCUT2D eigenvalue weighted by molar-refractivity contribution is 6.40. The van der Waals surface area contributed by atoms with Crippen molar-refractivity contribution < 1.29 is 0 Å². The Bertz CT molecular complexity index is 49.6. The zero-order chi connectivity index (χ0) is 8.57. The molecule has 0 unspecified atom stereocenters. The number of nitrogens with one attached hydrogen (secondary N) is 1. The molecule has 3 heteroatoms. The molecule has 0 heterocycles. The Morgan fingerprint density at radius 2 is 1.20 bits per heavy atom. The Hall–Kier alpha value is 0.540. The number of hydrogen-bond donors (Lipinski definition) is 1. The van der Waals surface area contributed by atoms with Gasteiger partial charge in [-0.05, 0) is 0 Å². The summed E-state index contributed by atoms with van der Waals surface area (Å²) in [6, 6.07) is 1.25. The molecule has 0 atom stereocenters. The molecule has 64 valence electrons. The van der Waals surface area contributed by atoms with Crippen LogP contribution in [0.25, 0.3) is 0 Å². The first-order valence-corrected chi connectivity index (χ1v) is 4.49. The topological polar surface area (TPSA) is 12.0 Å². The van der Waals surface area contributed by atoms with Gasteiger partial charge in [0.15, 0.2) is 0 Å². The van der Waals surface area contributed by atoms with Crippen molar-refractivity contribution in [1.29, 1.82) is 0 Å². The van der Waals surface area contributed by atoms with Gasteiger partial charge in [0.1, 0.15) is 0 Å². The number of hydrogen-bond acceptors (Lipinski definition) is 1. The zero-order valence-electron chi connectivity index (χ0n) is 7.12. The molecule has 0 spiro atoms. The predicted octanol–water partition coefficient (Wildman–Crippen LogP) is 2.81. The lowest BCUT2D eigenvalue weighted by atomic mass is 10.3. The van der Waals surface area contributed by atoms with Crippen LogP contribution >= 0.6 is 23.2 Å². The van der Waals surface area contributed by atoms with Gasteiger partial charge < -0.3 is 5.32 Å². The van der Waals surface area contributed by atoms with Crippen LogP contribution in [0.4, 0.5) is 0 Å². The molecular formula is C7H17Cl2N. The number of alkyl halides is 2. The zero-order valence-corrected chi connectivity index (χ0v) is 8.63. The third kappa shape index (κ3) is 23.6. The molecule has 0 aromatic heterocycles. The van der Waals surface area contributed by atoms with Crippen molar-refractivity contribution in [2.24, 2.45) is 0 Å². The van der Waals surface area contributed by atoms with Gasteiger partial charge in [0.05, 0.1) is 5.34 Å². The van der Waals surface area contributed by atoms with Gasteiger partial charge in [0, 0.05) is 12.1 Å². The third-order valence-electron chi connectivity index (χ3n) is 0.667. The highest BCUT2D eigenvalue weighted by atomic mass is 35.5. The standard InChI is InChI=1S/C6H15N.CH2Cl2/c1-5(2)7-6(3)4;2-1-3/h5-7H,1-4H3;1H2. The van der Waals surface area contributed by atoms with E-state index in [1.54, 1.807) is 0 Å². The van der Waals surface area contributed by atoms with Crippen molar-refractivity contribution >= 4 is 23.2 Å². The maximum absolute atomic E-state index is 4.76. The number of halogens is 2. The van der Waals surface area contributed by atoms with Crippen molar-refractivity contribution in [3.8, 4) is 0 Å². The van der Waals surface area contributed by atoms with E-state index in [4.69, 9.17) is 23.2 Å². The molecule has 0 aliphatic heterocycles. The average molecular weight is 186 g/mol. The van der Waals surface area contributed by atoms with E-state index >= 15 is 0 Å². The molecule has 0 saturated heterocycles. The summed E-state index contributed by atoms with van der Waals surface area (Å²) in [5.41, 5.74) is 0. The summed E-state index contributed by atoms with van der Waals surface area (Å²) < 4.78 is 0. The molecule has 0 amide bonds. The van der Waals surface area contributed by atoms with Crippen LogP contribution in [-0.2, 0) is 0 Å². The van der Waals surface area contributed by atoms with Gasteiger partial charge in [-0.25, -0.2) is 0 Å². The van der Waals surface area contributed by atoms with Crippen molar-refractivity contribution in [2.45, 2.75) is 39.8 Å². The summed E-state index contributed by atoms with van der Waals surface area (Å²) in [4.78, 5) is 0. The lowest BCUT2D eigenvalue weighted by molar-refractivity contribution is 0.518. The van der Waals surface area contributed by atoms with Crippen molar-refractivity contribution in [1.82, 2.24) is 5.32 Å². The van der Waals surface area contributed by atoms with Gasteiger partial charge in [0.2, 0.25) is 0 Å². The minimum absolute atomic E-state index is 0.194. The minimum atomic E-state index is 0.194. The summed E-state index contributed by atoms with van der Waals surface area (Å²) in [5.74, 6) is 0. The normalized spacial score (nSPS) is 9.60. The second-order valence-corrected chi connectivity index (χ2v) is 3.39. The van der Waals surface area contributed by atoms with Crippen LogP contribution in [0.1, 0.15) is 27.7 Å². The molecular weight excluding hydrogens is 169 g/mol. The lowest BCUT2D eigenvalue weighted by Gasteiger charge is -2.10. The molecule has 1 N–H and O–H groups in total. The summed E-state index contributed by atoms with van der Waals surface area (Å²) in [6.45, 7) is 8.61. The Balaban J connectivity index is 0. The van der Waals surface area contributed by atoms with Crippen LogP contribution in [0, 0.1) is 0 Å². The summed E-state index contributed by atoms with van der Waals surface area (Å²) in [6.07, 6.45) is 0. The van der Waals surface area contributed by atoms with Gasteiger partial charge >= 0.3 is 0 Å². The van der Waals surface area contributed by atoms with E-state index in [0.29, 0.717) is 12.1 Å². The van der Waals surface area contributed by atoms with E-state index in [9.17, 15) is 0 Å². The van der Waals surface area contributed by atoms with E-state index in [2.05, 4.69) is 33.0 Å². The smallest absolute Gasteiger partial charge is 0.0967 e. The van der Waals surface area contributed by atoms with Crippen LogP contribution in [0.2, 0.25) is 0 Å². The Morgan fingerprint density at radius 3 is 1.20 bits per heavy atom. The van der Waals surface area contributed by atoms with Crippen LogP contribution in [0.5, 0.6) is 0 Å². The SMILES string of the molecule is CC(C)NC(C)C.ClCCl. The summed E-state index contributed by atoms with van der Waals surface area (Å²) >= 11 is 9.53. The van der Waals surface area contributed by atoms with Crippen LogP contribution in [0.3, 0.4) is 0 Å². The predicted molar refractivity (Wildman–Crippen MR) is 50.0 cm³/mol. The van der Waals surface area contributed by atoms with E-state index < -0.39 is 0 Å². The second-order valence-electron chi connectivity index (χ2n) is 2.58. The molecule has 0 radical (unpaired) electrons. The van der Waals surface area contributed by atoms with Gasteiger partial charge in [-0.2, -0.15) is 0 Å². The minimum Gasteiger partial charge on any atom is -0.312 e. The van der Waals surface area contributed by atoms with E-state index in [1.807, 2.05) is 0 Å². The highest BCUT2D eigenvalue weighted by Gasteiger charge is 1.92. The summed E-state index contributed by atoms with van der Waals surface area (Å²) in [5, 5.41) is 3.50. The van der Waals surface area contributed by atoms with E-state index in [0.717, 1.165) is 0 Å². The molecule has 1 nitrogen and oxygen atoms in total. The highest BCUT2D eigenvalue weighted by Crippen LogP contribution is 1.80. The fraction of sp³-hybridized carbons (Fsp3) is 1.00. The maximum atomic E-state index is 4.76. The molecule has 0 aromatic rings. The van der Waals surface area contributed by atoms with E-state index in [1.165, 1.54) is 0 Å². The molecule has 0 aliphatic rings. The van der Waals surface area contributed by atoms with Gasteiger partial charge in [0.25, 0.3) is 0 Å². The third-order valence-corrected chi connectivity index (χ3v) is 0.667. The molecule has 0 bridgehead atoms. The maximum Gasteiger partial charge on any atom is 0.0967 e. The molecule has 0 rings (SSSR count). The van der Waals surface area contributed by atoms with Crippen LogP contribution in [0.15, 0.2) is 0 Å². The van der Waals surface area contributed by atoms with Crippen LogP contribution < -0.4 is 5.32 Å². The lowest BCUT2D eigenvalue weighted by Crippen LogP contribution is -2.29. The first kappa shape index (κ1) is 13.2. The van der Waals surface area contributed by atoms with Gasteiger partial charge in [-0.1, -0.05) is 27.7 Å². The molecule has 0 aromatic carbocycles. The first-order valence-electron chi connectivity index (χ1n) is 3.42. The van der Waals surface area contributed by atoms with Crippen LogP contribution in [-0.4, -0.2) is 17.4 Å². The largest absolute Gasteiger partial charge is 0.312 e. The monoisotopic (exact) mass is 185 g/mol. The molecule has 0 saturated carbocycles. The fourth-order valence-electron chi connectivity index (χ4n) is 0.667. The van der Waals surface area contributed by atoms with Crippen molar-refractivity contribution in [3.05, 3.63) is 0 Å². The molecule has 0 aliphatic carbocycles. The first-order chi connectivity index (χ1) is 4.54. The van der Waals surface area contributed by atoms with Gasteiger partial charge in [-0.3, -0.25) is 0 Å². The van der Waals surface area contributed by atoms with Gasteiger partial charge in [-0.15, -0.1) is 23.2 Å². The Morgan fingerprint density at radius 1 is 1.00 bits per heavy atom. The Kier molecular flexibility index (Phi) is 12.5. The van der Waals surface area contributed by atoms with E-state index in [-0.39, 0.29) is 5.34 Å².